The number of nitrogens with zero attached hydrogens (tertiary/aromatic N) is 2. The van der Waals surface area contributed by atoms with Crippen molar-refractivity contribution >= 4 is 50.3 Å². The van der Waals surface area contributed by atoms with Crippen molar-refractivity contribution in [3.63, 3.8) is 0 Å². The van der Waals surface area contributed by atoms with E-state index in [2.05, 4.69) is 80.5 Å². The second-order valence-corrected chi connectivity index (χ2v) is 9.04. The van der Waals surface area contributed by atoms with Crippen molar-refractivity contribution in [2.75, 3.05) is 4.90 Å². The number of aryl methyl sites for hydroxylation is 1. The van der Waals surface area contributed by atoms with Crippen LogP contribution in [0.3, 0.4) is 0 Å². The molecule has 3 nitrogen and oxygen atoms in total. The third-order valence-electron chi connectivity index (χ3n) is 4.61. The van der Waals surface area contributed by atoms with E-state index in [0.29, 0.717) is 0 Å². The van der Waals surface area contributed by atoms with Gasteiger partial charge in [0.05, 0.1) is 21.6 Å². The molecule has 2 aromatic heterocycles. The molecule has 0 radical (unpaired) electrons. The molecule has 0 spiro atoms. The smallest absolute Gasteiger partial charge is 0.174 e. The number of anilines is 1. The second-order valence-electron chi connectivity index (χ2n) is 6.16. The van der Waals surface area contributed by atoms with E-state index < -0.39 is 0 Å². The molecule has 1 fully saturated rings. The van der Waals surface area contributed by atoms with Crippen molar-refractivity contribution in [1.82, 2.24) is 10.3 Å². The fourth-order valence-electron chi connectivity index (χ4n) is 3.30. The number of hydrogen-bond acceptors (Lipinski definition) is 3. The lowest BCUT2D eigenvalue weighted by atomic mass is 10.0. The minimum atomic E-state index is 0.0140. The Labute approximate surface area is 171 Å². The van der Waals surface area contributed by atoms with Crippen molar-refractivity contribution in [2.45, 2.75) is 25.4 Å². The van der Waals surface area contributed by atoms with E-state index in [0.717, 1.165) is 26.7 Å². The second kappa shape index (κ2) is 7.47. The highest BCUT2D eigenvalue weighted by Crippen LogP contribution is 2.44. The molecule has 1 aliphatic heterocycles. The lowest BCUT2D eigenvalue weighted by Crippen LogP contribution is -2.29. The van der Waals surface area contributed by atoms with Crippen LogP contribution in [0.5, 0.6) is 0 Å². The number of nitrogens with one attached hydrogen (secondary N) is 1. The summed E-state index contributed by atoms with van der Waals surface area (Å²) in [5.41, 5.74) is 3.42. The molecule has 6 heteroatoms. The van der Waals surface area contributed by atoms with Gasteiger partial charge in [0, 0.05) is 16.8 Å². The summed E-state index contributed by atoms with van der Waals surface area (Å²) in [5, 5.41) is 4.23. The Bertz CT molecular complexity index is 908. The van der Waals surface area contributed by atoms with Gasteiger partial charge in [-0.15, -0.1) is 11.3 Å². The van der Waals surface area contributed by atoms with Gasteiger partial charge in [-0.1, -0.05) is 25.1 Å². The summed E-state index contributed by atoms with van der Waals surface area (Å²) in [6.45, 7) is 2.17. The first-order valence-electron chi connectivity index (χ1n) is 8.52. The minimum absolute atomic E-state index is 0.0140. The maximum atomic E-state index is 5.72. The van der Waals surface area contributed by atoms with Crippen LogP contribution in [0, 0.1) is 0 Å². The monoisotopic (exact) mass is 443 g/mol. The zero-order valence-electron chi connectivity index (χ0n) is 14.2. The lowest BCUT2D eigenvalue weighted by molar-refractivity contribution is 0.575. The summed E-state index contributed by atoms with van der Waals surface area (Å²) in [6, 6.07) is 19.0. The van der Waals surface area contributed by atoms with Crippen molar-refractivity contribution in [2.24, 2.45) is 0 Å². The number of thiocarbonyl (C=S) groups is 1. The summed E-state index contributed by atoms with van der Waals surface area (Å²) in [4.78, 5) is 8.04. The van der Waals surface area contributed by atoms with Crippen LogP contribution in [0.4, 0.5) is 5.69 Å². The molecule has 1 aromatic carbocycles. The molecule has 3 heterocycles. The van der Waals surface area contributed by atoms with Crippen LogP contribution in [-0.4, -0.2) is 10.1 Å². The van der Waals surface area contributed by atoms with E-state index in [1.165, 1.54) is 10.4 Å². The molecular formula is C20H18BrN3S2. The van der Waals surface area contributed by atoms with Gasteiger partial charge < -0.3 is 10.2 Å². The van der Waals surface area contributed by atoms with Crippen LogP contribution in [0.25, 0.3) is 0 Å². The molecule has 0 unspecified atom stereocenters. The van der Waals surface area contributed by atoms with Crippen LogP contribution in [0.15, 0.2) is 64.6 Å². The third kappa shape index (κ3) is 3.29. The van der Waals surface area contributed by atoms with Gasteiger partial charge in [-0.05, 0) is 76.5 Å². The number of hydrogen-bond donors (Lipinski definition) is 1. The number of rotatable bonds is 4. The van der Waals surface area contributed by atoms with Gasteiger partial charge in [0.2, 0.25) is 0 Å². The highest BCUT2D eigenvalue weighted by atomic mass is 79.9. The maximum Gasteiger partial charge on any atom is 0.174 e. The van der Waals surface area contributed by atoms with Crippen LogP contribution >= 0.6 is 39.5 Å². The van der Waals surface area contributed by atoms with Gasteiger partial charge in [-0.3, -0.25) is 4.98 Å². The van der Waals surface area contributed by atoms with Crippen LogP contribution in [0.1, 0.15) is 35.1 Å². The molecule has 0 amide bonds. The summed E-state index contributed by atoms with van der Waals surface area (Å²) >= 11 is 11.1. The van der Waals surface area contributed by atoms with E-state index in [-0.39, 0.29) is 12.1 Å². The number of benzene rings is 1. The SMILES string of the molecule is CCc1ccc(N2C(=S)N[C@@H](c3ccccn3)[C@@H]2c2ccc(Br)s2)cc1. The number of thiophene rings is 1. The van der Waals surface area contributed by atoms with Crippen molar-refractivity contribution in [1.29, 1.82) is 0 Å². The fraction of sp³-hybridized carbons (Fsp3) is 0.200. The average Bonchev–Trinajstić information content (AvgIpc) is 3.25. The molecule has 3 aromatic rings. The maximum absolute atomic E-state index is 5.72. The van der Waals surface area contributed by atoms with Gasteiger partial charge >= 0.3 is 0 Å². The molecule has 2 atom stereocenters. The highest BCUT2D eigenvalue weighted by Gasteiger charge is 2.41. The van der Waals surface area contributed by atoms with E-state index >= 15 is 0 Å². The van der Waals surface area contributed by atoms with Gasteiger partial charge in [0.1, 0.15) is 0 Å². The number of pyridine rings is 1. The summed E-state index contributed by atoms with van der Waals surface area (Å²) in [5.74, 6) is 0. The Morgan fingerprint density at radius 2 is 1.96 bits per heavy atom. The first-order valence-corrected chi connectivity index (χ1v) is 10.5. The standard InChI is InChI=1S/C20H18BrN3S2/c1-2-13-6-8-14(9-7-13)24-19(16-10-11-17(21)26-16)18(23-20(24)25)15-5-3-4-12-22-15/h3-12,18-19H,2H2,1H3,(H,23,25)/t18-,19-/m0/s1. The Hall–Kier alpha value is -1.76. The van der Waals surface area contributed by atoms with E-state index in [1.807, 2.05) is 18.3 Å². The van der Waals surface area contributed by atoms with Crippen LogP contribution < -0.4 is 10.2 Å². The molecule has 1 aliphatic rings. The first-order chi connectivity index (χ1) is 12.7. The molecule has 0 saturated carbocycles. The Morgan fingerprint density at radius 3 is 2.58 bits per heavy atom. The molecule has 0 aliphatic carbocycles. The number of halogens is 1. The molecule has 1 saturated heterocycles. The van der Waals surface area contributed by atoms with Crippen LogP contribution in [-0.2, 0) is 6.42 Å². The van der Waals surface area contributed by atoms with E-state index in [1.54, 1.807) is 11.3 Å². The molecule has 1 N–H and O–H groups in total. The van der Waals surface area contributed by atoms with E-state index in [9.17, 15) is 0 Å². The molecular weight excluding hydrogens is 426 g/mol. The van der Waals surface area contributed by atoms with Crippen molar-refractivity contribution < 1.29 is 0 Å². The van der Waals surface area contributed by atoms with Gasteiger partial charge in [-0.25, -0.2) is 0 Å². The Morgan fingerprint density at radius 1 is 1.15 bits per heavy atom. The topological polar surface area (TPSA) is 28.2 Å². The van der Waals surface area contributed by atoms with Crippen LogP contribution in [0.2, 0.25) is 0 Å². The number of aromatic nitrogens is 1. The van der Waals surface area contributed by atoms with E-state index in [4.69, 9.17) is 12.2 Å². The summed E-state index contributed by atoms with van der Waals surface area (Å²) in [7, 11) is 0. The predicted octanol–water partition coefficient (Wildman–Crippen LogP) is 5.65. The molecule has 26 heavy (non-hydrogen) atoms. The average molecular weight is 444 g/mol. The molecule has 0 bridgehead atoms. The fourth-order valence-corrected chi connectivity index (χ4v) is 5.20. The van der Waals surface area contributed by atoms with Gasteiger partial charge in [0.15, 0.2) is 5.11 Å². The van der Waals surface area contributed by atoms with Gasteiger partial charge in [-0.2, -0.15) is 0 Å². The molecule has 4 rings (SSSR count). The van der Waals surface area contributed by atoms with Gasteiger partial charge in [0.25, 0.3) is 0 Å². The first kappa shape index (κ1) is 17.6. The minimum Gasteiger partial charge on any atom is -0.351 e. The zero-order valence-corrected chi connectivity index (χ0v) is 17.4. The summed E-state index contributed by atoms with van der Waals surface area (Å²) in [6.07, 6.45) is 2.86. The molecule has 132 valence electrons. The predicted molar refractivity (Wildman–Crippen MR) is 116 cm³/mol. The third-order valence-corrected chi connectivity index (χ3v) is 6.62. The largest absolute Gasteiger partial charge is 0.351 e. The Kier molecular flexibility index (Phi) is 5.07. The normalized spacial score (nSPS) is 19.6. The highest BCUT2D eigenvalue weighted by molar-refractivity contribution is 9.11. The van der Waals surface area contributed by atoms with Crippen molar-refractivity contribution in [3.8, 4) is 0 Å². The van der Waals surface area contributed by atoms with Crippen molar-refractivity contribution in [3.05, 3.63) is 80.7 Å². The zero-order chi connectivity index (χ0) is 18.1. The Balaban J connectivity index is 1.79. The lowest BCUT2D eigenvalue weighted by Gasteiger charge is -2.27. The summed E-state index contributed by atoms with van der Waals surface area (Å²) < 4.78 is 1.12. The quantitative estimate of drug-likeness (QED) is 0.527.